The fourth-order valence-electron chi connectivity index (χ4n) is 2.82. The number of hydrazone groups is 1. The highest BCUT2D eigenvalue weighted by Gasteiger charge is 2.34. The lowest BCUT2D eigenvalue weighted by molar-refractivity contribution is -0.130. The van der Waals surface area contributed by atoms with E-state index in [1.54, 1.807) is 46.0 Å². The number of carbonyl (C=O) groups is 1. The minimum absolute atomic E-state index is 0.0747. The molecule has 4 heterocycles. The smallest absolute Gasteiger partial charge is 0.253 e. The number of nitriles is 1. The van der Waals surface area contributed by atoms with E-state index >= 15 is 0 Å². The maximum atomic E-state index is 12.9. The first-order valence-corrected chi connectivity index (χ1v) is 11.0. The monoisotopic (exact) mass is 410 g/mol. The molecule has 1 aliphatic rings. The van der Waals surface area contributed by atoms with E-state index in [4.69, 9.17) is 0 Å². The molecule has 0 unspecified atom stereocenters. The molecule has 27 heavy (non-hydrogen) atoms. The molecule has 1 amide bonds. The summed E-state index contributed by atoms with van der Waals surface area (Å²) < 4.78 is 0. The van der Waals surface area contributed by atoms with Crippen molar-refractivity contribution in [2.75, 3.05) is 5.75 Å². The molecule has 4 rings (SSSR count). The first kappa shape index (κ1) is 17.9. The van der Waals surface area contributed by atoms with Gasteiger partial charge < -0.3 is 0 Å². The number of rotatable bonds is 5. The molecular formula is C19H14N4OS3. The summed E-state index contributed by atoms with van der Waals surface area (Å²) in [6.45, 7) is 0. The zero-order valence-corrected chi connectivity index (χ0v) is 16.6. The minimum atomic E-state index is -0.0838. The SMILES string of the molecule is N#Cc1cccnc1SCC(=O)N1N=C(c2cccs2)C[C@@H]1c1cccs1. The Hall–Kier alpha value is -2.47. The maximum Gasteiger partial charge on any atom is 0.253 e. The lowest BCUT2D eigenvalue weighted by Gasteiger charge is -2.20. The van der Waals surface area contributed by atoms with Crippen LogP contribution >= 0.6 is 34.4 Å². The van der Waals surface area contributed by atoms with Crippen molar-refractivity contribution in [3.05, 3.63) is 68.7 Å². The first-order chi connectivity index (χ1) is 13.3. The molecule has 0 radical (unpaired) electrons. The fourth-order valence-corrected chi connectivity index (χ4v) is 5.15. The van der Waals surface area contributed by atoms with Crippen LogP contribution in [0.4, 0.5) is 0 Å². The summed E-state index contributed by atoms with van der Waals surface area (Å²) in [4.78, 5) is 19.4. The van der Waals surface area contributed by atoms with Crippen LogP contribution in [0.1, 0.15) is 27.8 Å². The van der Waals surface area contributed by atoms with E-state index in [-0.39, 0.29) is 17.7 Å². The maximum absolute atomic E-state index is 12.9. The summed E-state index contributed by atoms with van der Waals surface area (Å²) in [7, 11) is 0. The molecule has 1 aliphatic heterocycles. The predicted molar refractivity (Wildman–Crippen MR) is 109 cm³/mol. The van der Waals surface area contributed by atoms with E-state index < -0.39 is 0 Å². The zero-order chi connectivity index (χ0) is 18.6. The average Bonchev–Trinajstić information content (AvgIpc) is 3.46. The molecule has 3 aromatic heterocycles. The van der Waals surface area contributed by atoms with Crippen LogP contribution in [0.2, 0.25) is 0 Å². The van der Waals surface area contributed by atoms with Gasteiger partial charge in [-0.05, 0) is 35.0 Å². The zero-order valence-electron chi connectivity index (χ0n) is 14.1. The van der Waals surface area contributed by atoms with Crippen molar-refractivity contribution < 1.29 is 4.79 Å². The molecule has 134 valence electrons. The van der Waals surface area contributed by atoms with Gasteiger partial charge in [0.15, 0.2) is 0 Å². The normalized spacial score (nSPS) is 16.2. The summed E-state index contributed by atoms with van der Waals surface area (Å²) in [5.74, 6) is 0.105. The van der Waals surface area contributed by atoms with Gasteiger partial charge in [-0.3, -0.25) is 4.79 Å². The van der Waals surface area contributed by atoms with Gasteiger partial charge in [0.05, 0.1) is 27.9 Å². The second-order valence-corrected chi connectivity index (χ2v) is 8.65. The highest BCUT2D eigenvalue weighted by atomic mass is 32.2. The highest BCUT2D eigenvalue weighted by molar-refractivity contribution is 7.99. The molecule has 0 aliphatic carbocycles. The Morgan fingerprint density at radius 2 is 2.11 bits per heavy atom. The predicted octanol–water partition coefficient (Wildman–Crippen LogP) is 4.55. The lowest BCUT2D eigenvalue weighted by Crippen LogP contribution is -2.28. The van der Waals surface area contributed by atoms with Crippen LogP contribution < -0.4 is 0 Å². The van der Waals surface area contributed by atoms with Crippen molar-refractivity contribution in [3.63, 3.8) is 0 Å². The quantitative estimate of drug-likeness (QED) is 0.579. The molecule has 8 heteroatoms. The third-order valence-corrected chi connectivity index (χ3v) is 6.95. The van der Waals surface area contributed by atoms with Crippen LogP contribution in [0.15, 0.2) is 63.5 Å². The Bertz CT molecular complexity index is 1010. The van der Waals surface area contributed by atoms with E-state index in [9.17, 15) is 10.1 Å². The van der Waals surface area contributed by atoms with Crippen LogP contribution in [0.5, 0.6) is 0 Å². The van der Waals surface area contributed by atoms with Gasteiger partial charge in [0, 0.05) is 17.5 Å². The molecule has 0 bridgehead atoms. The number of pyridine rings is 1. The van der Waals surface area contributed by atoms with Crippen LogP contribution in [0.25, 0.3) is 0 Å². The third-order valence-electron chi connectivity index (χ3n) is 4.07. The van der Waals surface area contributed by atoms with Crippen LogP contribution in [0, 0.1) is 11.3 Å². The summed E-state index contributed by atoms with van der Waals surface area (Å²) in [5.41, 5.74) is 1.42. The van der Waals surface area contributed by atoms with Crippen molar-refractivity contribution in [1.29, 1.82) is 5.26 Å². The van der Waals surface area contributed by atoms with E-state index in [1.165, 1.54) is 11.8 Å². The molecular weight excluding hydrogens is 396 g/mol. The number of hydrogen-bond donors (Lipinski definition) is 0. The van der Waals surface area contributed by atoms with Gasteiger partial charge in [0.1, 0.15) is 11.1 Å². The van der Waals surface area contributed by atoms with E-state index in [0.29, 0.717) is 17.0 Å². The molecule has 0 saturated carbocycles. The summed E-state index contributed by atoms with van der Waals surface area (Å²) in [5, 5.41) is 20.0. The van der Waals surface area contributed by atoms with Crippen LogP contribution in [-0.4, -0.2) is 27.4 Å². The Kier molecular flexibility index (Phi) is 5.34. The van der Waals surface area contributed by atoms with Gasteiger partial charge in [-0.1, -0.05) is 23.9 Å². The fraction of sp³-hybridized carbons (Fsp3) is 0.158. The largest absolute Gasteiger partial charge is 0.272 e. The second-order valence-electron chi connectivity index (χ2n) is 5.75. The number of amides is 1. The van der Waals surface area contributed by atoms with Crippen LogP contribution in [0.3, 0.4) is 0 Å². The van der Waals surface area contributed by atoms with Crippen molar-refractivity contribution in [2.24, 2.45) is 5.10 Å². The molecule has 0 N–H and O–H groups in total. The van der Waals surface area contributed by atoms with Crippen molar-refractivity contribution in [3.8, 4) is 6.07 Å². The third kappa shape index (κ3) is 3.81. The van der Waals surface area contributed by atoms with Gasteiger partial charge >= 0.3 is 0 Å². The van der Waals surface area contributed by atoms with Crippen molar-refractivity contribution in [1.82, 2.24) is 9.99 Å². The number of carbonyl (C=O) groups excluding carboxylic acids is 1. The highest BCUT2D eigenvalue weighted by Crippen LogP contribution is 2.36. The second kappa shape index (κ2) is 8.05. The van der Waals surface area contributed by atoms with E-state index in [0.717, 1.165) is 15.5 Å². The Morgan fingerprint density at radius 1 is 1.26 bits per heavy atom. The van der Waals surface area contributed by atoms with Crippen LogP contribution in [-0.2, 0) is 4.79 Å². The summed E-state index contributed by atoms with van der Waals surface area (Å²) in [6, 6.07) is 13.5. The standard InChI is InChI=1S/C19H14N4OS3/c20-11-13-4-1-7-21-19(13)27-12-18(24)23-15(17-6-3-9-26-17)10-14(22-23)16-5-2-8-25-16/h1-9,15H,10,12H2/t15-/m1/s1. The number of aromatic nitrogens is 1. The number of hydrogen-bond acceptors (Lipinski definition) is 7. The van der Waals surface area contributed by atoms with E-state index in [2.05, 4.69) is 16.2 Å². The number of thiophene rings is 2. The van der Waals surface area contributed by atoms with Gasteiger partial charge in [-0.15, -0.1) is 22.7 Å². The molecule has 0 aromatic carbocycles. The Labute approximate surface area is 169 Å². The van der Waals surface area contributed by atoms with Crippen molar-refractivity contribution in [2.45, 2.75) is 17.5 Å². The van der Waals surface area contributed by atoms with Gasteiger partial charge in [0.2, 0.25) is 0 Å². The lowest BCUT2D eigenvalue weighted by atomic mass is 10.1. The first-order valence-electron chi connectivity index (χ1n) is 8.21. The van der Waals surface area contributed by atoms with E-state index in [1.807, 2.05) is 35.0 Å². The molecule has 5 nitrogen and oxygen atoms in total. The molecule has 0 spiro atoms. The van der Waals surface area contributed by atoms with Gasteiger partial charge in [-0.25, -0.2) is 9.99 Å². The minimum Gasteiger partial charge on any atom is -0.272 e. The summed E-state index contributed by atoms with van der Waals surface area (Å²) in [6.07, 6.45) is 2.34. The molecule has 0 fully saturated rings. The van der Waals surface area contributed by atoms with Gasteiger partial charge in [-0.2, -0.15) is 10.4 Å². The molecule has 1 atom stereocenters. The number of nitrogens with zero attached hydrogens (tertiary/aromatic N) is 4. The topological polar surface area (TPSA) is 69.3 Å². The van der Waals surface area contributed by atoms with Crippen molar-refractivity contribution >= 4 is 46.1 Å². The molecule has 3 aromatic rings. The Morgan fingerprint density at radius 3 is 2.85 bits per heavy atom. The average molecular weight is 411 g/mol. The summed E-state index contributed by atoms with van der Waals surface area (Å²) >= 11 is 4.54. The van der Waals surface area contributed by atoms with Gasteiger partial charge in [0.25, 0.3) is 5.91 Å². The molecule has 0 saturated heterocycles. The Balaban J connectivity index is 1.55. The number of thioether (sulfide) groups is 1.